The molecule has 1 unspecified atom stereocenters. The van der Waals surface area contributed by atoms with Crippen molar-refractivity contribution in [3.05, 3.63) is 22.1 Å². The second-order valence-electron chi connectivity index (χ2n) is 5.94. The molecule has 1 fully saturated rings. The molecule has 1 N–H and O–H groups in total. The lowest BCUT2D eigenvalue weighted by atomic mass is 9.95. The lowest BCUT2D eigenvalue weighted by Gasteiger charge is -2.25. The fraction of sp³-hybridized carbons (Fsp3) is 0.688. The second kappa shape index (κ2) is 7.81. The van der Waals surface area contributed by atoms with E-state index >= 15 is 0 Å². The van der Waals surface area contributed by atoms with Crippen molar-refractivity contribution < 1.29 is 4.79 Å². The quantitative estimate of drug-likeness (QED) is 0.667. The molecule has 0 saturated heterocycles. The number of hydrogen-bond donors (Lipinski definition) is 1. The van der Waals surface area contributed by atoms with E-state index in [0.717, 1.165) is 12.8 Å². The summed E-state index contributed by atoms with van der Waals surface area (Å²) in [4.78, 5) is 28.7. The number of carbonyl (C=O) groups excluding carboxylic acids is 1. The molecule has 122 valence electrons. The molecule has 22 heavy (non-hydrogen) atoms. The maximum atomic E-state index is 12.5. The van der Waals surface area contributed by atoms with Crippen molar-refractivity contribution in [3.8, 4) is 0 Å². The van der Waals surface area contributed by atoms with Gasteiger partial charge in [0.1, 0.15) is 0 Å². The van der Waals surface area contributed by atoms with Crippen molar-refractivity contribution in [2.24, 2.45) is 7.05 Å². The first-order valence-electron chi connectivity index (χ1n) is 8.03. The number of carbonyl (C=O) groups is 1. The predicted molar refractivity (Wildman–Crippen MR) is 89.2 cm³/mol. The number of rotatable bonds is 5. The number of hydrogen-bond acceptors (Lipinski definition) is 4. The average Bonchev–Trinajstić information content (AvgIpc) is 2.50. The van der Waals surface area contributed by atoms with Crippen molar-refractivity contribution in [2.75, 3.05) is 0 Å². The molecule has 1 aliphatic rings. The van der Waals surface area contributed by atoms with Gasteiger partial charge in [-0.25, -0.2) is 4.98 Å². The molecule has 0 radical (unpaired) electrons. The van der Waals surface area contributed by atoms with E-state index in [1.165, 1.54) is 41.7 Å². The van der Waals surface area contributed by atoms with Gasteiger partial charge >= 0.3 is 0 Å². The molecule has 0 aromatic carbocycles. The maximum absolute atomic E-state index is 12.5. The van der Waals surface area contributed by atoms with Gasteiger partial charge in [0.15, 0.2) is 5.16 Å². The third-order valence-electron chi connectivity index (χ3n) is 4.08. The van der Waals surface area contributed by atoms with Crippen LogP contribution in [0.4, 0.5) is 0 Å². The molecule has 0 spiro atoms. The Hall–Kier alpha value is -1.30. The van der Waals surface area contributed by atoms with Gasteiger partial charge in [0.05, 0.1) is 5.25 Å². The Balaban J connectivity index is 2.05. The zero-order valence-electron chi connectivity index (χ0n) is 13.6. The van der Waals surface area contributed by atoms with Gasteiger partial charge < -0.3 is 5.32 Å². The third kappa shape index (κ3) is 4.35. The van der Waals surface area contributed by atoms with Crippen LogP contribution < -0.4 is 10.9 Å². The highest BCUT2D eigenvalue weighted by atomic mass is 32.2. The first-order chi connectivity index (χ1) is 10.5. The first kappa shape index (κ1) is 17.1. The van der Waals surface area contributed by atoms with Crippen LogP contribution in [0.3, 0.4) is 0 Å². The number of nitrogens with one attached hydrogen (secondary N) is 1. The zero-order chi connectivity index (χ0) is 16.1. The van der Waals surface area contributed by atoms with Gasteiger partial charge in [0, 0.05) is 24.8 Å². The van der Waals surface area contributed by atoms with Gasteiger partial charge in [-0.05, 0) is 26.2 Å². The topological polar surface area (TPSA) is 64.0 Å². The molecule has 1 aromatic heterocycles. The third-order valence-corrected chi connectivity index (χ3v) is 5.49. The largest absolute Gasteiger partial charge is 0.352 e. The molecule has 1 heterocycles. The van der Waals surface area contributed by atoms with E-state index in [4.69, 9.17) is 0 Å². The van der Waals surface area contributed by atoms with E-state index in [0.29, 0.717) is 23.3 Å². The minimum Gasteiger partial charge on any atom is -0.352 e. The van der Waals surface area contributed by atoms with Crippen molar-refractivity contribution in [2.45, 2.75) is 68.8 Å². The van der Waals surface area contributed by atoms with E-state index in [1.54, 1.807) is 14.0 Å². The number of nitrogens with zero attached hydrogens (tertiary/aromatic N) is 2. The average molecular weight is 323 g/mol. The van der Waals surface area contributed by atoms with Crippen molar-refractivity contribution >= 4 is 17.7 Å². The number of aryl methyl sites for hydroxylation is 1. The Morgan fingerprint density at radius 1 is 1.45 bits per heavy atom. The highest BCUT2D eigenvalue weighted by Gasteiger charge is 2.23. The van der Waals surface area contributed by atoms with Crippen LogP contribution in [-0.4, -0.2) is 26.8 Å². The van der Waals surface area contributed by atoms with Crippen LogP contribution in [-0.2, 0) is 11.8 Å². The van der Waals surface area contributed by atoms with E-state index in [1.807, 2.05) is 6.92 Å². The number of aromatic nitrogens is 2. The Morgan fingerprint density at radius 3 is 2.77 bits per heavy atom. The van der Waals surface area contributed by atoms with Crippen LogP contribution in [0.5, 0.6) is 0 Å². The van der Waals surface area contributed by atoms with Crippen LogP contribution in [0.25, 0.3) is 0 Å². The smallest absolute Gasteiger partial charge is 0.254 e. The van der Waals surface area contributed by atoms with Crippen molar-refractivity contribution in [3.63, 3.8) is 0 Å². The molecule has 2 rings (SSSR count). The molecule has 0 bridgehead atoms. The number of thioether (sulfide) groups is 1. The molecule has 6 heteroatoms. The summed E-state index contributed by atoms with van der Waals surface area (Å²) >= 11 is 1.38. The SMILES string of the molecule is CCC(Sc1nc(C)cc(=O)n1C)C(=O)NC1CCCCC1. The Labute approximate surface area is 135 Å². The minimum atomic E-state index is -0.207. The Morgan fingerprint density at radius 2 is 2.14 bits per heavy atom. The summed E-state index contributed by atoms with van der Waals surface area (Å²) in [6.07, 6.45) is 6.54. The van der Waals surface area contributed by atoms with Crippen LogP contribution in [0.15, 0.2) is 16.0 Å². The zero-order valence-corrected chi connectivity index (χ0v) is 14.4. The fourth-order valence-corrected chi connectivity index (χ4v) is 3.76. The summed E-state index contributed by atoms with van der Waals surface area (Å²) in [7, 11) is 1.70. The van der Waals surface area contributed by atoms with E-state index in [9.17, 15) is 9.59 Å². The molecule has 1 amide bonds. The van der Waals surface area contributed by atoms with Gasteiger partial charge in [-0.1, -0.05) is 37.9 Å². The summed E-state index contributed by atoms with van der Waals surface area (Å²) in [5, 5.41) is 3.56. The predicted octanol–water partition coefficient (Wildman–Crippen LogP) is 2.41. The van der Waals surface area contributed by atoms with Crippen LogP contribution in [0.1, 0.15) is 51.1 Å². The van der Waals surface area contributed by atoms with Gasteiger partial charge in [0.2, 0.25) is 5.91 Å². The molecular weight excluding hydrogens is 298 g/mol. The Bertz CT molecular complexity index is 579. The minimum absolute atomic E-state index is 0.0650. The lowest BCUT2D eigenvalue weighted by molar-refractivity contribution is -0.121. The summed E-state index contributed by atoms with van der Waals surface area (Å²) < 4.78 is 1.51. The van der Waals surface area contributed by atoms with E-state index < -0.39 is 0 Å². The number of amides is 1. The highest BCUT2D eigenvalue weighted by molar-refractivity contribution is 8.00. The van der Waals surface area contributed by atoms with Gasteiger partial charge in [-0.2, -0.15) is 0 Å². The Kier molecular flexibility index (Phi) is 6.06. The monoisotopic (exact) mass is 323 g/mol. The fourth-order valence-electron chi connectivity index (χ4n) is 2.72. The van der Waals surface area contributed by atoms with Crippen LogP contribution in [0.2, 0.25) is 0 Å². The standard InChI is InChI=1S/C16H25N3O2S/c1-4-13(15(21)18-12-8-6-5-7-9-12)22-16-17-11(2)10-14(20)19(16)3/h10,12-13H,4-9H2,1-3H3,(H,18,21). The van der Waals surface area contributed by atoms with Crippen LogP contribution >= 0.6 is 11.8 Å². The molecule has 1 aromatic rings. The molecular formula is C16H25N3O2S. The highest BCUT2D eigenvalue weighted by Crippen LogP contribution is 2.24. The van der Waals surface area contributed by atoms with Gasteiger partial charge in [0.25, 0.3) is 5.56 Å². The summed E-state index contributed by atoms with van der Waals surface area (Å²) in [5.74, 6) is 0.0650. The van der Waals surface area contributed by atoms with E-state index in [2.05, 4.69) is 10.3 Å². The lowest BCUT2D eigenvalue weighted by Crippen LogP contribution is -2.41. The first-order valence-corrected chi connectivity index (χ1v) is 8.91. The summed E-state index contributed by atoms with van der Waals surface area (Å²) in [5.41, 5.74) is 0.602. The molecule has 0 aliphatic heterocycles. The summed E-state index contributed by atoms with van der Waals surface area (Å²) in [6, 6.07) is 1.82. The second-order valence-corrected chi connectivity index (χ2v) is 7.11. The molecule has 1 aliphatic carbocycles. The van der Waals surface area contributed by atoms with E-state index in [-0.39, 0.29) is 16.7 Å². The summed E-state index contributed by atoms with van der Waals surface area (Å²) in [6.45, 7) is 3.79. The van der Waals surface area contributed by atoms with Crippen molar-refractivity contribution in [1.82, 2.24) is 14.9 Å². The van der Waals surface area contributed by atoms with Crippen molar-refractivity contribution in [1.29, 1.82) is 0 Å². The molecule has 1 saturated carbocycles. The van der Waals surface area contributed by atoms with Gasteiger partial charge in [-0.15, -0.1) is 0 Å². The maximum Gasteiger partial charge on any atom is 0.254 e. The van der Waals surface area contributed by atoms with Crippen LogP contribution in [0, 0.1) is 6.92 Å². The molecule has 5 nitrogen and oxygen atoms in total. The van der Waals surface area contributed by atoms with Gasteiger partial charge in [-0.3, -0.25) is 14.2 Å². The molecule has 1 atom stereocenters. The normalized spacial score (nSPS) is 17.2.